The van der Waals surface area contributed by atoms with E-state index in [9.17, 15) is 25.2 Å². The molecule has 156 valence electrons. The molecule has 2 unspecified atom stereocenters. The minimum absolute atomic E-state index is 0.153. The Balaban J connectivity index is 1.92. The Morgan fingerprint density at radius 3 is 2.41 bits per heavy atom. The number of carbonyl (C=O) groups excluding carboxylic acids is 1. The van der Waals surface area contributed by atoms with Gasteiger partial charge in [0.15, 0.2) is 6.29 Å². The number of aliphatic hydroxyl groups excluding tert-OH is 4. The second-order valence-electron chi connectivity index (χ2n) is 6.31. The molecular weight excluding hydrogens is 358 g/mol. The summed E-state index contributed by atoms with van der Waals surface area (Å²) in [6, 6.07) is 0. The fourth-order valence-electron chi connectivity index (χ4n) is 2.52. The Hall–Kier alpha value is -1.09. The van der Waals surface area contributed by atoms with E-state index in [0.717, 1.165) is 0 Å². The Bertz CT molecular complexity index is 455. The second kappa shape index (κ2) is 14.0. The predicted octanol–water partition coefficient (Wildman–Crippen LogP) is -1.83. The lowest BCUT2D eigenvalue weighted by Crippen LogP contribution is -2.59. The van der Waals surface area contributed by atoms with Gasteiger partial charge < -0.3 is 40.0 Å². The van der Waals surface area contributed by atoms with Crippen LogP contribution in [0.1, 0.15) is 25.7 Å². The Labute approximate surface area is 159 Å². The molecule has 0 bridgehead atoms. The van der Waals surface area contributed by atoms with Crippen LogP contribution in [0.5, 0.6) is 0 Å². The first kappa shape index (κ1) is 23.9. The summed E-state index contributed by atoms with van der Waals surface area (Å²) in [6.45, 7) is 2.42. The van der Waals surface area contributed by atoms with Gasteiger partial charge in [0, 0.05) is 39.0 Å². The lowest BCUT2D eigenvalue weighted by molar-refractivity contribution is -0.280. The number of hydrogen-bond acceptors (Lipinski definition) is 9. The largest absolute Gasteiger partial charge is 0.388 e. The first-order valence-corrected chi connectivity index (χ1v) is 9.16. The molecule has 27 heavy (non-hydrogen) atoms. The van der Waals surface area contributed by atoms with E-state index in [0.29, 0.717) is 58.7 Å². The van der Waals surface area contributed by atoms with Crippen LogP contribution in [0.4, 0.5) is 0 Å². The monoisotopic (exact) mass is 389 g/mol. The Kier molecular flexibility index (Phi) is 12.4. The van der Waals surface area contributed by atoms with Crippen molar-refractivity contribution in [2.45, 2.75) is 56.4 Å². The van der Waals surface area contributed by atoms with Crippen LogP contribution in [0.25, 0.3) is 0 Å². The van der Waals surface area contributed by atoms with Gasteiger partial charge in [0.25, 0.3) is 0 Å². The zero-order chi connectivity index (χ0) is 20.1. The molecule has 0 radical (unpaired) electrons. The number of Topliss-reactive ketones (excluding diaryl/α,β-unsaturated/α-hetero) is 1. The molecular formula is C18H31NO8. The number of carbonyl (C=O) groups is 1. The molecule has 5 atom stereocenters. The molecule has 1 fully saturated rings. The van der Waals surface area contributed by atoms with Crippen molar-refractivity contribution in [2.24, 2.45) is 0 Å². The number of nitrogens with one attached hydrogen (secondary N) is 1. The van der Waals surface area contributed by atoms with Gasteiger partial charge in [-0.05, 0) is 6.42 Å². The van der Waals surface area contributed by atoms with Gasteiger partial charge in [-0.25, -0.2) is 0 Å². The molecule has 1 heterocycles. The highest BCUT2D eigenvalue weighted by Crippen LogP contribution is 2.19. The van der Waals surface area contributed by atoms with Crippen molar-refractivity contribution in [1.82, 2.24) is 5.32 Å². The van der Waals surface area contributed by atoms with Gasteiger partial charge in [-0.15, -0.1) is 12.3 Å². The van der Waals surface area contributed by atoms with Crippen molar-refractivity contribution in [3.63, 3.8) is 0 Å². The van der Waals surface area contributed by atoms with Crippen molar-refractivity contribution in [1.29, 1.82) is 0 Å². The van der Waals surface area contributed by atoms with E-state index >= 15 is 0 Å². The van der Waals surface area contributed by atoms with E-state index in [-0.39, 0.29) is 12.3 Å². The van der Waals surface area contributed by atoms with Gasteiger partial charge in [-0.3, -0.25) is 4.79 Å². The topological polar surface area (TPSA) is 138 Å². The van der Waals surface area contributed by atoms with Crippen molar-refractivity contribution >= 4 is 5.78 Å². The maximum absolute atomic E-state index is 11.4. The van der Waals surface area contributed by atoms with Crippen LogP contribution in [-0.4, -0.2) is 96.4 Å². The van der Waals surface area contributed by atoms with Crippen LogP contribution in [0.2, 0.25) is 0 Å². The van der Waals surface area contributed by atoms with Crippen molar-refractivity contribution in [3.8, 4) is 12.3 Å². The third-order valence-corrected chi connectivity index (χ3v) is 4.12. The highest BCUT2D eigenvalue weighted by molar-refractivity contribution is 5.78. The number of ketones is 1. The van der Waals surface area contributed by atoms with Crippen LogP contribution in [-0.2, 0) is 19.0 Å². The smallest absolute Gasteiger partial charge is 0.184 e. The molecule has 0 saturated carbocycles. The van der Waals surface area contributed by atoms with Gasteiger partial charge in [0.05, 0.1) is 19.8 Å². The van der Waals surface area contributed by atoms with Crippen molar-refractivity contribution in [2.75, 3.05) is 39.5 Å². The molecule has 9 heteroatoms. The average molecular weight is 389 g/mol. The summed E-state index contributed by atoms with van der Waals surface area (Å²) in [5.74, 6) is 2.59. The minimum atomic E-state index is -1.53. The summed E-state index contributed by atoms with van der Waals surface area (Å²) in [4.78, 5) is 11.4. The molecule has 1 aliphatic rings. The molecule has 0 amide bonds. The van der Waals surface area contributed by atoms with Gasteiger partial charge in [-0.2, -0.15) is 0 Å². The molecule has 9 nitrogen and oxygen atoms in total. The van der Waals surface area contributed by atoms with E-state index in [1.165, 1.54) is 0 Å². The molecule has 0 spiro atoms. The quantitative estimate of drug-likeness (QED) is 0.172. The number of terminal acetylenes is 1. The van der Waals surface area contributed by atoms with Crippen LogP contribution < -0.4 is 5.32 Å². The summed E-state index contributed by atoms with van der Waals surface area (Å²) in [5.41, 5.74) is 0. The minimum Gasteiger partial charge on any atom is -0.388 e. The zero-order valence-corrected chi connectivity index (χ0v) is 15.5. The molecule has 0 aromatic rings. The maximum Gasteiger partial charge on any atom is 0.184 e. The number of hydrogen-bond donors (Lipinski definition) is 5. The van der Waals surface area contributed by atoms with Crippen LogP contribution >= 0.6 is 0 Å². The van der Waals surface area contributed by atoms with Gasteiger partial charge in [0.1, 0.15) is 30.2 Å². The number of ether oxygens (including phenoxy) is 3. The molecule has 5 N–H and O–H groups in total. The summed E-state index contributed by atoms with van der Waals surface area (Å²) in [7, 11) is 0. The summed E-state index contributed by atoms with van der Waals surface area (Å²) < 4.78 is 15.8. The normalized spacial score (nSPS) is 28.0. The highest BCUT2D eigenvalue weighted by atomic mass is 16.6. The van der Waals surface area contributed by atoms with E-state index in [2.05, 4.69) is 11.2 Å². The summed E-state index contributed by atoms with van der Waals surface area (Å²) in [5, 5.41) is 41.2. The van der Waals surface area contributed by atoms with Gasteiger partial charge >= 0.3 is 0 Å². The maximum atomic E-state index is 11.4. The van der Waals surface area contributed by atoms with E-state index in [1.807, 2.05) is 0 Å². The molecule has 1 rings (SSSR count). The second-order valence-corrected chi connectivity index (χ2v) is 6.31. The Morgan fingerprint density at radius 2 is 1.70 bits per heavy atom. The Morgan fingerprint density at radius 1 is 1.00 bits per heavy atom. The highest BCUT2D eigenvalue weighted by Gasteiger charge is 2.42. The van der Waals surface area contributed by atoms with E-state index in [4.69, 9.17) is 20.6 Å². The fourth-order valence-corrected chi connectivity index (χ4v) is 2.52. The predicted molar refractivity (Wildman–Crippen MR) is 95.7 cm³/mol. The SMILES string of the molecule is C#CCCC(=O)CCCOCCOCCNCC1OC(O)[C@H](O)[C@@H](O)[C@H]1O. The van der Waals surface area contributed by atoms with Gasteiger partial charge in [0.2, 0.25) is 0 Å². The summed E-state index contributed by atoms with van der Waals surface area (Å²) in [6.07, 6.45) is 0.515. The first-order valence-electron chi connectivity index (χ1n) is 9.16. The zero-order valence-electron chi connectivity index (χ0n) is 15.5. The fraction of sp³-hybridized carbons (Fsp3) is 0.833. The lowest BCUT2D eigenvalue weighted by Gasteiger charge is -2.38. The molecule has 0 aliphatic carbocycles. The third kappa shape index (κ3) is 9.60. The van der Waals surface area contributed by atoms with Crippen LogP contribution in [0.15, 0.2) is 0 Å². The first-order chi connectivity index (χ1) is 13.0. The third-order valence-electron chi connectivity index (χ3n) is 4.12. The van der Waals surface area contributed by atoms with Crippen molar-refractivity contribution < 1.29 is 39.4 Å². The summed E-state index contributed by atoms with van der Waals surface area (Å²) >= 11 is 0. The van der Waals surface area contributed by atoms with Crippen LogP contribution in [0, 0.1) is 12.3 Å². The standard InChI is InChI=1S/C18H31NO8/c1-2-3-5-13(20)6-4-8-25-10-11-26-9-7-19-12-14-15(21)16(22)17(23)18(24)27-14/h1,14-19,21-24H,3-12H2/t14?,15-,16-,17+,18?/m0/s1. The lowest BCUT2D eigenvalue weighted by atomic mass is 9.99. The average Bonchev–Trinajstić information content (AvgIpc) is 2.66. The van der Waals surface area contributed by atoms with Crippen molar-refractivity contribution in [3.05, 3.63) is 0 Å². The molecule has 0 aromatic heterocycles. The number of aliphatic hydroxyl groups is 4. The molecule has 0 aromatic carbocycles. The van der Waals surface area contributed by atoms with E-state index in [1.54, 1.807) is 0 Å². The van der Waals surface area contributed by atoms with Crippen LogP contribution in [0.3, 0.4) is 0 Å². The molecule has 1 saturated heterocycles. The molecule has 1 aliphatic heterocycles. The van der Waals surface area contributed by atoms with E-state index < -0.39 is 30.7 Å². The van der Waals surface area contributed by atoms with Gasteiger partial charge in [-0.1, -0.05) is 0 Å². The number of rotatable bonds is 14.